The van der Waals surface area contributed by atoms with Crippen molar-refractivity contribution in [2.45, 2.75) is 26.4 Å². The Morgan fingerprint density at radius 3 is 2.79 bits per heavy atom. The Kier molecular flexibility index (Phi) is 5.27. The molecule has 0 saturated carbocycles. The standard InChI is InChI=1S/C16H23N5O3/c1-12(16-18-13(2)19-24-16)21-7-5-20(6-8-21)11-15(22)17-10-14-4-3-9-23-14/h3-4,9,12H,5-8,10-11H2,1-2H3,(H,17,22). The molecule has 0 bridgehead atoms. The lowest BCUT2D eigenvalue weighted by atomic mass is 10.2. The van der Waals surface area contributed by atoms with Gasteiger partial charge < -0.3 is 14.3 Å². The highest BCUT2D eigenvalue weighted by molar-refractivity contribution is 5.77. The molecule has 2 aromatic heterocycles. The molecule has 0 aliphatic carbocycles. The summed E-state index contributed by atoms with van der Waals surface area (Å²) in [5.41, 5.74) is 0. The van der Waals surface area contributed by atoms with Crippen molar-refractivity contribution >= 4 is 5.91 Å². The molecule has 8 heteroatoms. The molecule has 1 N–H and O–H groups in total. The van der Waals surface area contributed by atoms with E-state index in [0.717, 1.165) is 31.9 Å². The Balaban J connectivity index is 1.40. The number of carbonyl (C=O) groups is 1. The van der Waals surface area contributed by atoms with Crippen molar-refractivity contribution in [1.29, 1.82) is 0 Å². The molecule has 0 aromatic carbocycles. The molecular weight excluding hydrogens is 310 g/mol. The number of piperazine rings is 1. The zero-order chi connectivity index (χ0) is 16.9. The third-order valence-electron chi connectivity index (χ3n) is 4.26. The van der Waals surface area contributed by atoms with Crippen LogP contribution in [0.1, 0.15) is 30.4 Å². The van der Waals surface area contributed by atoms with E-state index < -0.39 is 0 Å². The first-order valence-electron chi connectivity index (χ1n) is 8.17. The minimum absolute atomic E-state index is 0.0143. The summed E-state index contributed by atoms with van der Waals surface area (Å²) < 4.78 is 10.5. The van der Waals surface area contributed by atoms with E-state index in [2.05, 4.69) is 32.2 Å². The lowest BCUT2D eigenvalue weighted by Gasteiger charge is -2.36. The Morgan fingerprint density at radius 2 is 2.17 bits per heavy atom. The van der Waals surface area contributed by atoms with Crippen LogP contribution in [0.4, 0.5) is 0 Å². The number of nitrogens with zero attached hydrogens (tertiary/aromatic N) is 4. The van der Waals surface area contributed by atoms with E-state index in [1.165, 1.54) is 0 Å². The van der Waals surface area contributed by atoms with Crippen molar-refractivity contribution in [2.24, 2.45) is 0 Å². The average Bonchev–Trinajstić information content (AvgIpc) is 3.24. The molecule has 1 atom stereocenters. The van der Waals surface area contributed by atoms with Crippen LogP contribution < -0.4 is 5.32 Å². The summed E-state index contributed by atoms with van der Waals surface area (Å²) in [6, 6.07) is 3.76. The molecular formula is C16H23N5O3. The van der Waals surface area contributed by atoms with E-state index in [1.807, 2.05) is 19.1 Å². The van der Waals surface area contributed by atoms with Crippen molar-refractivity contribution in [3.63, 3.8) is 0 Å². The minimum atomic E-state index is 0.0143. The van der Waals surface area contributed by atoms with E-state index in [1.54, 1.807) is 6.26 Å². The fraction of sp³-hybridized carbons (Fsp3) is 0.562. The monoisotopic (exact) mass is 333 g/mol. The van der Waals surface area contributed by atoms with E-state index in [4.69, 9.17) is 8.94 Å². The SMILES string of the molecule is Cc1noc(C(C)N2CCN(CC(=O)NCc3ccco3)CC2)n1. The second-order valence-electron chi connectivity index (χ2n) is 6.02. The molecule has 3 rings (SSSR count). The van der Waals surface area contributed by atoms with Crippen molar-refractivity contribution < 1.29 is 13.7 Å². The van der Waals surface area contributed by atoms with E-state index >= 15 is 0 Å². The lowest BCUT2D eigenvalue weighted by Crippen LogP contribution is -2.49. The molecule has 1 fully saturated rings. The van der Waals surface area contributed by atoms with E-state index in [-0.39, 0.29) is 11.9 Å². The highest BCUT2D eigenvalue weighted by atomic mass is 16.5. The van der Waals surface area contributed by atoms with Gasteiger partial charge in [0.2, 0.25) is 11.8 Å². The number of aromatic nitrogens is 2. The van der Waals surface area contributed by atoms with Crippen molar-refractivity contribution in [2.75, 3.05) is 32.7 Å². The van der Waals surface area contributed by atoms with Gasteiger partial charge in [-0.25, -0.2) is 0 Å². The first kappa shape index (κ1) is 16.7. The van der Waals surface area contributed by atoms with Gasteiger partial charge in [0.15, 0.2) is 5.82 Å². The summed E-state index contributed by atoms with van der Waals surface area (Å²) in [5, 5.41) is 6.72. The Morgan fingerprint density at radius 1 is 1.38 bits per heavy atom. The maximum absolute atomic E-state index is 12.0. The van der Waals surface area contributed by atoms with Crippen LogP contribution in [0, 0.1) is 6.92 Å². The number of rotatable bonds is 6. The molecule has 24 heavy (non-hydrogen) atoms. The van der Waals surface area contributed by atoms with Gasteiger partial charge in [0.25, 0.3) is 0 Å². The predicted molar refractivity (Wildman–Crippen MR) is 86.0 cm³/mol. The van der Waals surface area contributed by atoms with E-state index in [0.29, 0.717) is 24.8 Å². The molecule has 1 saturated heterocycles. The van der Waals surface area contributed by atoms with Gasteiger partial charge >= 0.3 is 0 Å². The smallest absolute Gasteiger partial charge is 0.243 e. The molecule has 1 aliphatic heterocycles. The van der Waals surface area contributed by atoms with Crippen molar-refractivity contribution in [1.82, 2.24) is 25.3 Å². The quantitative estimate of drug-likeness (QED) is 0.842. The van der Waals surface area contributed by atoms with Gasteiger partial charge in [0, 0.05) is 26.2 Å². The number of amides is 1. The summed E-state index contributed by atoms with van der Waals surface area (Å²) in [4.78, 5) is 20.7. The summed E-state index contributed by atoms with van der Waals surface area (Å²) in [6.45, 7) is 8.14. The molecule has 3 heterocycles. The average molecular weight is 333 g/mol. The van der Waals surface area contributed by atoms with E-state index in [9.17, 15) is 4.79 Å². The van der Waals surface area contributed by atoms with Crippen LogP contribution in [0.15, 0.2) is 27.3 Å². The number of hydrogen-bond donors (Lipinski definition) is 1. The van der Waals surface area contributed by atoms with Gasteiger partial charge in [-0.3, -0.25) is 14.6 Å². The van der Waals surface area contributed by atoms with Crippen molar-refractivity contribution in [3.05, 3.63) is 35.9 Å². The van der Waals surface area contributed by atoms with Crippen LogP contribution in [0.3, 0.4) is 0 Å². The molecule has 2 aromatic rings. The highest BCUT2D eigenvalue weighted by Gasteiger charge is 2.26. The third kappa shape index (κ3) is 4.21. The lowest BCUT2D eigenvalue weighted by molar-refractivity contribution is -0.123. The molecule has 1 unspecified atom stereocenters. The topological polar surface area (TPSA) is 87.6 Å². The van der Waals surface area contributed by atoms with Crippen LogP contribution in [-0.2, 0) is 11.3 Å². The van der Waals surface area contributed by atoms with Crippen LogP contribution in [0.5, 0.6) is 0 Å². The molecule has 130 valence electrons. The third-order valence-corrected chi connectivity index (χ3v) is 4.26. The molecule has 8 nitrogen and oxygen atoms in total. The summed E-state index contributed by atoms with van der Waals surface area (Å²) >= 11 is 0. The van der Waals surface area contributed by atoms with Gasteiger partial charge in [0.1, 0.15) is 5.76 Å². The van der Waals surface area contributed by atoms with Crippen LogP contribution in [0.25, 0.3) is 0 Å². The Hall–Kier alpha value is -2.19. The first-order valence-corrected chi connectivity index (χ1v) is 8.17. The second kappa shape index (κ2) is 7.59. The number of hydrogen-bond acceptors (Lipinski definition) is 7. The normalized spacial score (nSPS) is 17.8. The van der Waals surface area contributed by atoms with Gasteiger partial charge in [0.05, 0.1) is 25.4 Å². The molecule has 0 spiro atoms. The van der Waals surface area contributed by atoms with Gasteiger partial charge in [-0.15, -0.1) is 0 Å². The van der Waals surface area contributed by atoms with Gasteiger partial charge in [-0.05, 0) is 26.0 Å². The molecule has 1 aliphatic rings. The molecule has 0 radical (unpaired) electrons. The molecule has 1 amide bonds. The maximum atomic E-state index is 12.0. The predicted octanol–water partition coefficient (Wildman–Crippen LogP) is 0.966. The first-order chi connectivity index (χ1) is 11.6. The van der Waals surface area contributed by atoms with Gasteiger partial charge in [-0.2, -0.15) is 4.98 Å². The highest BCUT2D eigenvalue weighted by Crippen LogP contribution is 2.19. The minimum Gasteiger partial charge on any atom is -0.467 e. The van der Waals surface area contributed by atoms with Gasteiger partial charge in [-0.1, -0.05) is 5.16 Å². The van der Waals surface area contributed by atoms with Crippen LogP contribution >= 0.6 is 0 Å². The Bertz CT molecular complexity index is 646. The fourth-order valence-corrected chi connectivity index (χ4v) is 2.81. The summed E-state index contributed by atoms with van der Waals surface area (Å²) in [5.74, 6) is 2.08. The number of nitrogens with one attached hydrogen (secondary N) is 1. The number of carbonyl (C=O) groups excluding carboxylic acids is 1. The number of aryl methyl sites for hydroxylation is 1. The summed E-state index contributed by atoms with van der Waals surface area (Å²) in [6.07, 6.45) is 1.60. The second-order valence-corrected chi connectivity index (χ2v) is 6.02. The summed E-state index contributed by atoms with van der Waals surface area (Å²) in [7, 11) is 0. The zero-order valence-electron chi connectivity index (χ0n) is 14.1. The Labute approximate surface area is 140 Å². The number of furan rings is 1. The van der Waals surface area contributed by atoms with Crippen LogP contribution in [-0.4, -0.2) is 58.6 Å². The van der Waals surface area contributed by atoms with Crippen molar-refractivity contribution in [3.8, 4) is 0 Å². The zero-order valence-corrected chi connectivity index (χ0v) is 14.1. The van der Waals surface area contributed by atoms with Crippen LogP contribution in [0.2, 0.25) is 0 Å². The maximum Gasteiger partial charge on any atom is 0.243 e. The largest absolute Gasteiger partial charge is 0.467 e. The fourth-order valence-electron chi connectivity index (χ4n) is 2.81.